The van der Waals surface area contributed by atoms with E-state index < -0.39 is 12.8 Å². The minimum absolute atomic E-state index is 0. The molecule has 148 heavy (non-hydrogen) atoms. The predicted octanol–water partition coefficient (Wildman–Crippen LogP) is 34.4. The van der Waals surface area contributed by atoms with E-state index in [9.17, 15) is 20.2 Å². The average Bonchev–Trinajstić information content (AvgIpc) is 1.56. The molecule has 2 aliphatic rings. The van der Waals surface area contributed by atoms with Gasteiger partial charge in [0.2, 0.25) is 0 Å². The van der Waals surface area contributed by atoms with Gasteiger partial charge in [-0.25, -0.2) is 0 Å². The van der Waals surface area contributed by atoms with Crippen molar-refractivity contribution >= 4 is 210 Å². The molecule has 16 heteroatoms. The first-order valence-corrected chi connectivity index (χ1v) is 52.1. The van der Waals surface area contributed by atoms with Gasteiger partial charge >= 0.3 is 7.12 Å². The molecule has 12 nitrogen and oxygen atoms in total. The van der Waals surface area contributed by atoms with E-state index in [0.29, 0.717) is 10.0 Å². The average molecular weight is 2070 g/mol. The first-order valence-electron chi connectivity index (χ1n) is 49.2. The highest BCUT2D eigenvalue weighted by molar-refractivity contribution is 9.10. The van der Waals surface area contributed by atoms with Gasteiger partial charge in [0.1, 0.15) is 0 Å². The fourth-order valence-electron chi connectivity index (χ4n) is 21.1. The summed E-state index contributed by atoms with van der Waals surface area (Å²) in [4.78, 5) is 21.1. The molecule has 0 saturated carbocycles. The molecule has 0 spiro atoms. The van der Waals surface area contributed by atoms with E-state index in [1.807, 2.05) is 36.4 Å². The standard InChI is InChI=1S/C29H19N.C28H26BNO2.C28H18N2O2.C22H14BrN.C18H15P.C6H4BrNO2.CH4/c1-2-10-21(11-3-1)30-28-23-13-7-4-8-19(23)14-15-25(28)26-17-16-24-22-12-6-5-9-20(22)18-27(24)29(26)30;1-27(2)28(3,4)32-29(31-27)20-15-17-23-24-16-14-19-10-8-9-13-22(19)26(24)30(25(23)18-20)21-11-6-5-7-12-21;31-30(32)26-13-7-6-11-22(26)20-15-16-24-25-17-14-19-8-4-5-12-23(19)28(25)29(27(24)18-20)21-9-2-1-3-10-21;23-16-11-13-19-20-12-10-15-6-4-5-9-18(15)22(20)24(21(19)14-16)17-7-2-1-3-8-17;1-4-10-16(11-5-1)19(17-12-6-2-7-13-17)18-14-8-3-9-15-18;7-5-3-1-2-4-6(5)8(9)10;/h1-17H,18H2;5-18H,1-4H3;1-18H;1-14H;1-15H;1-4H;1H4. The maximum atomic E-state index is 11.6. The number of rotatable bonds is 11. The third kappa shape index (κ3) is 18.0. The van der Waals surface area contributed by atoms with E-state index in [1.54, 1.807) is 30.3 Å². The van der Waals surface area contributed by atoms with Gasteiger partial charge in [-0.3, -0.25) is 20.2 Å². The van der Waals surface area contributed by atoms with E-state index in [4.69, 9.17) is 9.31 Å². The summed E-state index contributed by atoms with van der Waals surface area (Å²) in [6.45, 7) is 8.38. The molecule has 0 N–H and O–H groups in total. The van der Waals surface area contributed by atoms with Crippen LogP contribution in [0.25, 0.3) is 175 Å². The Hall–Kier alpha value is -16.7. The number of hydrogen-bond donors (Lipinski definition) is 0. The second kappa shape index (κ2) is 41.0. The first kappa shape index (κ1) is 96.1. The first-order chi connectivity index (χ1) is 72.0. The number of hydrogen-bond acceptors (Lipinski definition) is 6. The number of nitro benzene ring substituents is 2. The number of para-hydroxylation sites is 6. The fraction of sp³-hybridized carbons (Fsp3) is 0.0606. The fourth-order valence-corrected chi connectivity index (χ4v) is 24.2. The van der Waals surface area contributed by atoms with Crippen LogP contribution in [0.2, 0.25) is 0 Å². The molecule has 26 aromatic rings. The lowest BCUT2D eigenvalue weighted by Crippen LogP contribution is -2.41. The van der Waals surface area contributed by atoms with Crippen LogP contribution in [0.3, 0.4) is 0 Å². The quantitative estimate of drug-likeness (QED) is 0.0550. The third-order valence-electron chi connectivity index (χ3n) is 28.6. The minimum Gasteiger partial charge on any atom is -0.399 e. The highest BCUT2D eigenvalue weighted by Crippen LogP contribution is 2.49. The van der Waals surface area contributed by atoms with Gasteiger partial charge in [-0.2, -0.15) is 0 Å². The summed E-state index contributed by atoms with van der Waals surface area (Å²) in [7, 11) is -0.832. The van der Waals surface area contributed by atoms with E-state index in [2.05, 4.69) is 502 Å². The normalized spacial score (nSPS) is 12.7. The molecule has 0 bridgehead atoms. The van der Waals surface area contributed by atoms with Crippen LogP contribution >= 0.6 is 39.8 Å². The molecule has 0 unspecified atom stereocenters. The van der Waals surface area contributed by atoms with E-state index in [0.717, 1.165) is 60.6 Å². The lowest BCUT2D eigenvalue weighted by atomic mass is 9.79. The molecule has 28 rings (SSSR count). The van der Waals surface area contributed by atoms with Crippen LogP contribution in [0, 0.1) is 20.2 Å². The summed E-state index contributed by atoms with van der Waals surface area (Å²) in [6, 6.07) is 173. The maximum absolute atomic E-state index is 11.6. The predicted molar refractivity (Wildman–Crippen MR) is 630 cm³/mol. The van der Waals surface area contributed by atoms with Crippen molar-refractivity contribution in [2.24, 2.45) is 0 Å². The molecule has 0 amide bonds. The maximum Gasteiger partial charge on any atom is 0.494 e. The summed E-state index contributed by atoms with van der Waals surface area (Å²) < 4.78 is 23.8. The van der Waals surface area contributed by atoms with Gasteiger partial charge in [0.25, 0.3) is 11.4 Å². The summed E-state index contributed by atoms with van der Waals surface area (Å²) in [5.74, 6) is 0. The number of fused-ring (bicyclic) bond motifs is 24. The van der Waals surface area contributed by atoms with Crippen LogP contribution in [0.15, 0.2) is 506 Å². The smallest absolute Gasteiger partial charge is 0.399 e. The lowest BCUT2D eigenvalue weighted by molar-refractivity contribution is -0.385. The van der Waals surface area contributed by atoms with Gasteiger partial charge in [-0.15, -0.1) is 0 Å². The van der Waals surface area contributed by atoms with E-state index >= 15 is 0 Å². The Labute approximate surface area is 876 Å². The molecule has 1 aliphatic heterocycles. The molecular weight excluding hydrogens is 1970 g/mol. The lowest BCUT2D eigenvalue weighted by Gasteiger charge is -2.32. The summed E-state index contributed by atoms with van der Waals surface area (Å²) in [6.07, 6.45) is 0.990. The van der Waals surface area contributed by atoms with Crippen molar-refractivity contribution in [1.82, 2.24) is 18.3 Å². The Kier molecular flexibility index (Phi) is 26.6. The highest BCUT2D eigenvalue weighted by Gasteiger charge is 2.52. The molecule has 5 heterocycles. The monoisotopic (exact) mass is 2060 g/mol. The number of halogens is 2. The van der Waals surface area contributed by atoms with Crippen molar-refractivity contribution in [3.63, 3.8) is 0 Å². The van der Waals surface area contributed by atoms with Crippen molar-refractivity contribution in [2.75, 3.05) is 0 Å². The topological polar surface area (TPSA) is 124 Å². The number of nitrogens with zero attached hydrogens (tertiary/aromatic N) is 6. The Morgan fingerprint density at radius 1 is 0.284 bits per heavy atom. The van der Waals surface area contributed by atoms with Crippen molar-refractivity contribution in [3.05, 3.63) is 538 Å². The van der Waals surface area contributed by atoms with Crippen molar-refractivity contribution < 1.29 is 19.2 Å². The molecule has 0 radical (unpaired) electrons. The van der Waals surface area contributed by atoms with Crippen LogP contribution in [0.4, 0.5) is 11.4 Å². The SMILES string of the molecule is Brc1ccc2c3ccc4ccccc4c3n(-c3ccccc3)c2c1.C.CC1(C)OB(c2ccc3c4ccc5ccccc5c4n(-c4ccccc4)c3c2)OC1(C)C.O=[N+]([O-])c1ccccc1-c1ccc2c3ccc4ccccc4c3n(-c3ccccc3)c2c1.O=[N+]([O-])c1ccccc1Br.c1ccc(-n2c3c4c(ccc3c3ccc5ccccc5c32)-c2ccccc2C4)cc1.c1ccc(P(c2ccccc2)c2ccccc2)cc1. The number of aromatic nitrogens is 4. The van der Waals surface area contributed by atoms with Crippen molar-refractivity contribution in [1.29, 1.82) is 0 Å². The highest BCUT2D eigenvalue weighted by atomic mass is 79.9. The molecule has 716 valence electrons. The van der Waals surface area contributed by atoms with Crippen LogP contribution in [-0.4, -0.2) is 46.4 Å². The zero-order chi connectivity index (χ0) is 100.0. The zero-order valence-corrected chi connectivity index (χ0v) is 85.0. The molecule has 1 fully saturated rings. The van der Waals surface area contributed by atoms with Gasteiger partial charge in [0.15, 0.2) is 0 Å². The molecule has 1 aliphatic carbocycles. The second-order valence-electron chi connectivity index (χ2n) is 37.8. The second-order valence-corrected chi connectivity index (χ2v) is 41.8. The summed E-state index contributed by atoms with van der Waals surface area (Å²) in [5.41, 5.74) is 21.9. The van der Waals surface area contributed by atoms with E-state index in [1.165, 1.54) is 159 Å². The van der Waals surface area contributed by atoms with Gasteiger partial charge < -0.3 is 27.6 Å². The van der Waals surface area contributed by atoms with Gasteiger partial charge in [0, 0.05) is 110 Å². The largest absolute Gasteiger partial charge is 0.494 e. The summed E-state index contributed by atoms with van der Waals surface area (Å²) in [5, 5.41) is 46.0. The zero-order valence-electron chi connectivity index (χ0n) is 81.0. The third-order valence-corrected chi connectivity index (χ3v) is 32.2. The van der Waals surface area contributed by atoms with Crippen molar-refractivity contribution in [2.45, 2.75) is 52.7 Å². The van der Waals surface area contributed by atoms with Gasteiger partial charge in [-0.05, 0) is 207 Å². The number of nitro groups is 2. The summed E-state index contributed by atoms with van der Waals surface area (Å²) >= 11 is 6.69. The minimum atomic E-state index is -0.446. The molecule has 0 atom stereocenters. The Morgan fingerprint density at radius 2 is 0.601 bits per heavy atom. The molecule has 22 aromatic carbocycles. The van der Waals surface area contributed by atoms with E-state index in [-0.39, 0.29) is 42.0 Å². The molecule has 4 aromatic heterocycles. The van der Waals surface area contributed by atoms with Crippen LogP contribution in [-0.2, 0) is 15.7 Å². The van der Waals surface area contributed by atoms with Crippen LogP contribution in [0.5, 0.6) is 0 Å². The van der Waals surface area contributed by atoms with Gasteiger partial charge in [0.05, 0.1) is 75.2 Å². The van der Waals surface area contributed by atoms with Crippen LogP contribution in [0.1, 0.15) is 46.2 Å². The Balaban J connectivity index is 0.000000103. The van der Waals surface area contributed by atoms with Crippen molar-refractivity contribution in [3.8, 4) is 45.0 Å². The molecular formula is C132H100BBr2N6O6P. The molecule has 1 saturated heterocycles. The van der Waals surface area contributed by atoms with Crippen LogP contribution < -0.4 is 21.4 Å². The van der Waals surface area contributed by atoms with Gasteiger partial charge in [-0.1, -0.05) is 424 Å². The number of benzene rings is 22. The Morgan fingerprint density at radius 3 is 1.03 bits per heavy atom. The Bertz CT molecular complexity index is 9410.